The molecule has 144 valence electrons. The molecule has 2 aromatic carbocycles. The van der Waals surface area contributed by atoms with Crippen LogP contribution in [0.3, 0.4) is 0 Å². The minimum atomic E-state index is -3.47. The average Bonchev–Trinajstić information content (AvgIpc) is 2.67. The summed E-state index contributed by atoms with van der Waals surface area (Å²) < 4.78 is 25.9. The number of piperidine rings is 1. The predicted octanol–water partition coefficient (Wildman–Crippen LogP) is 3.93. The average molecular weight is 407 g/mol. The standard InChI is InChI=1S/C20H23ClN2O3S/c1-27(25,26)23(15-16-5-9-18(21)10-6-16)19-11-7-17(8-12-19)20(24)22-13-3-2-4-14-22/h5-12H,2-4,13-15H2,1H3. The summed E-state index contributed by atoms with van der Waals surface area (Å²) in [6.45, 7) is 1.77. The lowest BCUT2D eigenvalue weighted by molar-refractivity contribution is 0.0724. The van der Waals surface area contributed by atoms with E-state index in [-0.39, 0.29) is 12.5 Å². The number of benzene rings is 2. The molecule has 0 aliphatic carbocycles. The van der Waals surface area contributed by atoms with Crippen molar-refractivity contribution in [2.45, 2.75) is 25.8 Å². The summed E-state index contributed by atoms with van der Waals surface area (Å²) in [5.74, 6) is 0.00450. The Morgan fingerprint density at radius 1 is 1.00 bits per heavy atom. The maximum Gasteiger partial charge on any atom is 0.253 e. The fourth-order valence-corrected chi connectivity index (χ4v) is 4.22. The molecule has 0 bridgehead atoms. The maximum atomic E-state index is 12.6. The van der Waals surface area contributed by atoms with Crippen LogP contribution in [0.25, 0.3) is 0 Å². The third-order valence-corrected chi connectivity index (χ3v) is 6.08. The van der Waals surface area contributed by atoms with Crippen LogP contribution in [0, 0.1) is 0 Å². The number of rotatable bonds is 5. The molecule has 1 aliphatic rings. The quantitative estimate of drug-likeness (QED) is 0.755. The summed E-state index contributed by atoms with van der Waals surface area (Å²) in [6.07, 6.45) is 4.41. The highest BCUT2D eigenvalue weighted by Gasteiger charge is 2.21. The molecule has 0 spiro atoms. The SMILES string of the molecule is CS(=O)(=O)N(Cc1ccc(Cl)cc1)c1ccc(C(=O)N2CCCCC2)cc1. The third-order valence-electron chi connectivity index (χ3n) is 4.69. The summed E-state index contributed by atoms with van der Waals surface area (Å²) in [6, 6.07) is 13.8. The van der Waals surface area contributed by atoms with Crippen LogP contribution in [0.2, 0.25) is 5.02 Å². The van der Waals surface area contributed by atoms with Crippen LogP contribution in [0.15, 0.2) is 48.5 Å². The molecule has 0 unspecified atom stereocenters. The van der Waals surface area contributed by atoms with Gasteiger partial charge in [-0.05, 0) is 61.2 Å². The highest BCUT2D eigenvalue weighted by molar-refractivity contribution is 7.92. The fourth-order valence-electron chi connectivity index (χ4n) is 3.21. The van der Waals surface area contributed by atoms with Crippen molar-refractivity contribution in [3.8, 4) is 0 Å². The number of anilines is 1. The van der Waals surface area contributed by atoms with E-state index < -0.39 is 10.0 Å². The molecule has 3 rings (SSSR count). The highest BCUT2D eigenvalue weighted by atomic mass is 35.5. The Morgan fingerprint density at radius 3 is 2.15 bits per heavy atom. The first-order valence-corrected chi connectivity index (χ1v) is 11.2. The summed E-state index contributed by atoms with van der Waals surface area (Å²) in [4.78, 5) is 14.4. The lowest BCUT2D eigenvalue weighted by Crippen LogP contribution is -2.35. The highest BCUT2D eigenvalue weighted by Crippen LogP contribution is 2.23. The minimum absolute atomic E-state index is 0.00450. The van der Waals surface area contributed by atoms with E-state index in [0.717, 1.165) is 37.9 Å². The monoisotopic (exact) mass is 406 g/mol. The molecule has 1 saturated heterocycles. The first-order chi connectivity index (χ1) is 12.8. The number of nitrogens with zero attached hydrogens (tertiary/aromatic N) is 2. The van der Waals surface area contributed by atoms with Gasteiger partial charge >= 0.3 is 0 Å². The third kappa shape index (κ3) is 5.02. The zero-order valence-corrected chi connectivity index (χ0v) is 16.8. The molecule has 1 heterocycles. The van der Waals surface area contributed by atoms with E-state index in [1.807, 2.05) is 4.90 Å². The Balaban J connectivity index is 1.80. The Bertz CT molecular complexity index is 890. The van der Waals surface area contributed by atoms with Crippen LogP contribution in [0.5, 0.6) is 0 Å². The number of amides is 1. The summed E-state index contributed by atoms with van der Waals surface area (Å²) >= 11 is 5.90. The normalized spacial score (nSPS) is 14.8. The molecule has 5 nitrogen and oxygen atoms in total. The van der Waals surface area contributed by atoms with Crippen LogP contribution in [-0.4, -0.2) is 38.6 Å². The molecule has 0 radical (unpaired) electrons. The van der Waals surface area contributed by atoms with Gasteiger partial charge in [-0.2, -0.15) is 0 Å². The van der Waals surface area contributed by atoms with Crippen LogP contribution in [0.1, 0.15) is 35.2 Å². The van der Waals surface area contributed by atoms with Gasteiger partial charge in [0, 0.05) is 23.7 Å². The zero-order chi connectivity index (χ0) is 19.4. The molecular formula is C20H23ClN2O3S. The first kappa shape index (κ1) is 19.7. The topological polar surface area (TPSA) is 57.7 Å². The Labute approximate surface area is 165 Å². The molecular weight excluding hydrogens is 384 g/mol. The Morgan fingerprint density at radius 2 is 1.59 bits per heavy atom. The van der Waals surface area contributed by atoms with Crippen LogP contribution >= 0.6 is 11.6 Å². The second-order valence-corrected chi connectivity index (χ2v) is 9.14. The number of likely N-dealkylation sites (tertiary alicyclic amines) is 1. The van der Waals surface area contributed by atoms with E-state index in [4.69, 9.17) is 11.6 Å². The van der Waals surface area contributed by atoms with E-state index in [2.05, 4.69) is 0 Å². The van der Waals surface area contributed by atoms with Gasteiger partial charge in [0.15, 0.2) is 0 Å². The van der Waals surface area contributed by atoms with E-state index in [1.165, 1.54) is 10.6 Å². The van der Waals surface area contributed by atoms with Crippen molar-refractivity contribution < 1.29 is 13.2 Å². The molecule has 2 aromatic rings. The fraction of sp³-hybridized carbons (Fsp3) is 0.350. The van der Waals surface area contributed by atoms with Gasteiger partial charge in [0.1, 0.15) is 0 Å². The van der Waals surface area contributed by atoms with Crippen molar-refractivity contribution in [2.24, 2.45) is 0 Å². The van der Waals surface area contributed by atoms with Gasteiger partial charge in [0.2, 0.25) is 10.0 Å². The number of sulfonamides is 1. The number of halogens is 1. The van der Waals surface area contributed by atoms with Gasteiger partial charge in [0.05, 0.1) is 18.5 Å². The van der Waals surface area contributed by atoms with E-state index in [1.54, 1.807) is 48.5 Å². The molecule has 1 fully saturated rings. The summed E-state index contributed by atoms with van der Waals surface area (Å²) in [7, 11) is -3.47. The molecule has 1 amide bonds. The molecule has 0 aromatic heterocycles. The van der Waals surface area contributed by atoms with Gasteiger partial charge < -0.3 is 4.90 Å². The van der Waals surface area contributed by atoms with Gasteiger partial charge in [-0.15, -0.1) is 0 Å². The van der Waals surface area contributed by atoms with Crippen LogP contribution < -0.4 is 4.31 Å². The maximum absolute atomic E-state index is 12.6. The van der Waals surface area contributed by atoms with Gasteiger partial charge in [-0.3, -0.25) is 9.10 Å². The van der Waals surface area contributed by atoms with E-state index >= 15 is 0 Å². The number of carbonyl (C=O) groups is 1. The largest absolute Gasteiger partial charge is 0.339 e. The van der Waals surface area contributed by atoms with E-state index in [0.29, 0.717) is 16.3 Å². The smallest absolute Gasteiger partial charge is 0.253 e. The van der Waals surface area contributed by atoms with Crippen LogP contribution in [-0.2, 0) is 16.6 Å². The second kappa shape index (κ2) is 8.31. The first-order valence-electron chi connectivity index (χ1n) is 8.96. The van der Waals surface area contributed by atoms with E-state index in [9.17, 15) is 13.2 Å². The molecule has 1 aliphatic heterocycles. The summed E-state index contributed by atoms with van der Waals surface area (Å²) in [5.41, 5.74) is 1.95. The number of hydrogen-bond donors (Lipinski definition) is 0. The zero-order valence-electron chi connectivity index (χ0n) is 15.3. The lowest BCUT2D eigenvalue weighted by atomic mass is 10.1. The van der Waals surface area contributed by atoms with Crippen molar-refractivity contribution in [1.82, 2.24) is 4.90 Å². The minimum Gasteiger partial charge on any atom is -0.339 e. The lowest BCUT2D eigenvalue weighted by Gasteiger charge is -2.27. The number of carbonyl (C=O) groups excluding carboxylic acids is 1. The molecule has 0 atom stereocenters. The van der Waals surface area contributed by atoms with Gasteiger partial charge in [-0.25, -0.2) is 8.42 Å². The Hall–Kier alpha value is -2.05. The molecule has 0 saturated carbocycles. The van der Waals surface area contributed by atoms with Gasteiger partial charge in [0.25, 0.3) is 5.91 Å². The van der Waals surface area contributed by atoms with Gasteiger partial charge in [-0.1, -0.05) is 23.7 Å². The summed E-state index contributed by atoms with van der Waals surface area (Å²) in [5, 5.41) is 0.602. The molecule has 27 heavy (non-hydrogen) atoms. The number of hydrogen-bond acceptors (Lipinski definition) is 3. The predicted molar refractivity (Wildman–Crippen MR) is 109 cm³/mol. The van der Waals surface area contributed by atoms with Crippen molar-refractivity contribution in [1.29, 1.82) is 0 Å². The van der Waals surface area contributed by atoms with Crippen molar-refractivity contribution >= 4 is 33.2 Å². The van der Waals surface area contributed by atoms with Crippen molar-refractivity contribution in [3.63, 3.8) is 0 Å². The second-order valence-electron chi connectivity index (χ2n) is 6.80. The molecule has 0 N–H and O–H groups in total. The molecule has 7 heteroatoms. The van der Waals surface area contributed by atoms with Crippen LogP contribution in [0.4, 0.5) is 5.69 Å². The Kier molecular flexibility index (Phi) is 6.07. The van der Waals surface area contributed by atoms with Crippen molar-refractivity contribution in [2.75, 3.05) is 23.7 Å². The van der Waals surface area contributed by atoms with Crippen molar-refractivity contribution in [3.05, 3.63) is 64.7 Å².